The number of phenolic OH excluding ortho intramolecular Hbond substituents is 1. The van der Waals surface area contributed by atoms with E-state index in [1.54, 1.807) is 6.07 Å². The molecule has 0 aliphatic carbocycles. The van der Waals surface area contributed by atoms with E-state index in [0.717, 1.165) is 88.5 Å². The summed E-state index contributed by atoms with van der Waals surface area (Å²) in [6.07, 6.45) is 1.84. The Balaban J connectivity index is 0.00000445. The molecule has 0 aliphatic heterocycles. The van der Waals surface area contributed by atoms with E-state index in [1.165, 1.54) is 5.56 Å². The first-order chi connectivity index (χ1) is 29.4. The van der Waals surface area contributed by atoms with E-state index in [-0.39, 0.29) is 32.2 Å². The number of fused-ring (bicyclic) bond motifs is 6. The third kappa shape index (κ3) is 6.45. The molecule has 11 rings (SSSR count). The van der Waals surface area contributed by atoms with Gasteiger partial charge in [0, 0.05) is 53.9 Å². The van der Waals surface area contributed by atoms with E-state index in [0.29, 0.717) is 11.4 Å². The van der Waals surface area contributed by atoms with Gasteiger partial charge < -0.3 is 9.52 Å². The summed E-state index contributed by atoms with van der Waals surface area (Å²) in [7, 11) is 0. The molecule has 3 aromatic heterocycles. The molecule has 61 heavy (non-hydrogen) atoms. The molecule has 6 heteroatoms. The van der Waals surface area contributed by atoms with Crippen LogP contribution in [0.15, 0.2) is 193 Å². The first-order valence-electron chi connectivity index (χ1n) is 20.2. The first kappa shape index (κ1) is 38.2. The van der Waals surface area contributed by atoms with Gasteiger partial charge in [0.2, 0.25) is 0 Å². The Labute approximate surface area is 367 Å². The fraction of sp³-hybridized carbons (Fsp3) is 0.0545. The van der Waals surface area contributed by atoms with Crippen LogP contribution in [-0.4, -0.2) is 19.6 Å². The van der Waals surface area contributed by atoms with Crippen LogP contribution in [0.25, 0.3) is 94.3 Å². The van der Waals surface area contributed by atoms with Crippen LogP contribution in [0.3, 0.4) is 0 Å². The molecule has 0 radical (unpaired) electrons. The Morgan fingerprint density at radius 3 is 2.10 bits per heavy atom. The van der Waals surface area contributed by atoms with Crippen LogP contribution in [0.4, 0.5) is 0 Å². The largest absolute Gasteiger partial charge is 0.507 e. The molecule has 5 nitrogen and oxygen atoms in total. The minimum absolute atomic E-state index is 0. The van der Waals surface area contributed by atoms with Crippen LogP contribution in [-0.2, 0) is 26.5 Å². The number of pyridine rings is 1. The Morgan fingerprint density at radius 1 is 0.590 bits per heavy atom. The maximum atomic E-state index is 11.3. The van der Waals surface area contributed by atoms with Gasteiger partial charge in [-0.15, -0.1) is 29.3 Å². The van der Waals surface area contributed by atoms with Gasteiger partial charge in [-0.2, -0.15) is 0 Å². The van der Waals surface area contributed by atoms with Gasteiger partial charge in [0.15, 0.2) is 5.58 Å². The van der Waals surface area contributed by atoms with Crippen LogP contribution >= 0.6 is 0 Å². The SMILES string of the molecule is CC(C)(c1ccccc1)c1cc(-c2cc3c(cn2)oc2c4ccccc4ccc32)[c-]c(-c2cccc3c2nc(-c2ccccc2O)n3-c2ccccc2-c2ccccc2)c1.[Pt]. The zero-order chi connectivity index (χ0) is 40.4. The number of para-hydroxylation sites is 3. The van der Waals surface area contributed by atoms with Gasteiger partial charge in [0.1, 0.15) is 17.2 Å². The molecule has 0 amide bonds. The van der Waals surface area contributed by atoms with Crippen LogP contribution in [0.5, 0.6) is 5.75 Å². The summed E-state index contributed by atoms with van der Waals surface area (Å²) in [6, 6.07) is 66.2. The molecule has 296 valence electrons. The van der Waals surface area contributed by atoms with Crippen molar-refractivity contribution >= 4 is 43.7 Å². The summed E-state index contributed by atoms with van der Waals surface area (Å²) >= 11 is 0. The predicted octanol–water partition coefficient (Wildman–Crippen LogP) is 14.0. The zero-order valence-electron chi connectivity index (χ0n) is 33.4. The average Bonchev–Trinajstić information content (AvgIpc) is 3.88. The van der Waals surface area contributed by atoms with E-state index in [1.807, 2.05) is 36.5 Å². The predicted molar refractivity (Wildman–Crippen MR) is 244 cm³/mol. The van der Waals surface area contributed by atoms with E-state index in [4.69, 9.17) is 14.4 Å². The third-order valence-electron chi connectivity index (χ3n) is 12.0. The molecule has 0 aliphatic rings. The Kier molecular flexibility index (Phi) is 9.50. The smallest absolute Gasteiger partial charge is 0.152 e. The summed E-state index contributed by atoms with van der Waals surface area (Å²) in [5.41, 5.74) is 12.5. The number of benzene rings is 8. The molecular formula is C55H38N3O2Pt-. The van der Waals surface area contributed by atoms with Gasteiger partial charge in [-0.05, 0) is 46.8 Å². The Hall–Kier alpha value is -7.07. The van der Waals surface area contributed by atoms with Crippen LogP contribution in [0, 0.1) is 6.07 Å². The van der Waals surface area contributed by atoms with Crippen molar-refractivity contribution in [1.82, 2.24) is 14.5 Å². The standard InChI is InChI=1S/C55H38N3O2.Pt/c1-55(2,39-19-7-4-8-20-39)40-31-37(30-38(32-40)47-33-46-44-29-28-36-18-9-10-22-43(36)53(44)60-51(46)34-56-47)42-24-15-26-49-52(42)57-54(45-23-12-14-27-50(45)59)58(49)48-25-13-11-21-41(48)35-16-5-3-6-17-35;/h3-29,31-34,59H,1-2H3;/q-1;. The van der Waals surface area contributed by atoms with Crippen molar-refractivity contribution in [2.45, 2.75) is 19.3 Å². The molecule has 0 unspecified atom stereocenters. The molecule has 0 bridgehead atoms. The van der Waals surface area contributed by atoms with E-state index < -0.39 is 0 Å². The Morgan fingerprint density at radius 2 is 1.28 bits per heavy atom. The first-order valence-corrected chi connectivity index (χ1v) is 20.2. The number of aromatic hydroxyl groups is 1. The molecule has 11 aromatic rings. The second-order valence-corrected chi connectivity index (χ2v) is 15.9. The molecular weight excluding hydrogens is 930 g/mol. The van der Waals surface area contributed by atoms with Gasteiger partial charge in [0.25, 0.3) is 0 Å². The topological polar surface area (TPSA) is 64.1 Å². The average molecular weight is 968 g/mol. The van der Waals surface area contributed by atoms with Gasteiger partial charge in [0.05, 0.1) is 28.5 Å². The second kappa shape index (κ2) is 15.2. The van der Waals surface area contributed by atoms with E-state index in [2.05, 4.69) is 170 Å². The third-order valence-corrected chi connectivity index (χ3v) is 12.0. The van der Waals surface area contributed by atoms with Gasteiger partial charge in [-0.25, -0.2) is 4.98 Å². The summed E-state index contributed by atoms with van der Waals surface area (Å²) < 4.78 is 8.64. The number of aromatic nitrogens is 3. The van der Waals surface area contributed by atoms with E-state index >= 15 is 0 Å². The summed E-state index contributed by atoms with van der Waals surface area (Å²) in [5.74, 6) is 0.806. The number of hydrogen-bond acceptors (Lipinski definition) is 4. The van der Waals surface area contributed by atoms with Crippen molar-refractivity contribution in [3.05, 3.63) is 205 Å². The number of rotatable bonds is 7. The van der Waals surface area contributed by atoms with Crippen molar-refractivity contribution in [3.8, 4) is 56.3 Å². The van der Waals surface area contributed by atoms with Gasteiger partial charge in [-0.1, -0.05) is 165 Å². The normalized spacial score (nSPS) is 11.7. The fourth-order valence-corrected chi connectivity index (χ4v) is 8.73. The van der Waals surface area contributed by atoms with Crippen molar-refractivity contribution in [3.63, 3.8) is 0 Å². The molecule has 0 spiro atoms. The maximum absolute atomic E-state index is 11.3. The quantitative estimate of drug-likeness (QED) is 0.162. The maximum Gasteiger partial charge on any atom is 0.152 e. The van der Waals surface area contributed by atoms with Gasteiger partial charge in [-0.3, -0.25) is 9.55 Å². The summed E-state index contributed by atoms with van der Waals surface area (Å²) in [5, 5.41) is 15.6. The molecule has 0 saturated carbocycles. The van der Waals surface area contributed by atoms with Crippen LogP contribution < -0.4 is 0 Å². The fourth-order valence-electron chi connectivity index (χ4n) is 8.73. The van der Waals surface area contributed by atoms with Gasteiger partial charge >= 0.3 is 0 Å². The summed E-state index contributed by atoms with van der Waals surface area (Å²) in [4.78, 5) is 10.5. The number of furan rings is 1. The minimum atomic E-state index is -0.367. The van der Waals surface area contributed by atoms with Crippen LogP contribution in [0.2, 0.25) is 0 Å². The number of hydrogen-bond donors (Lipinski definition) is 1. The molecule has 0 fully saturated rings. The Bertz CT molecular complexity index is 3420. The molecule has 0 atom stereocenters. The monoisotopic (exact) mass is 967 g/mol. The van der Waals surface area contributed by atoms with Crippen LogP contribution in [0.1, 0.15) is 25.0 Å². The molecule has 8 aromatic carbocycles. The van der Waals surface area contributed by atoms with Crippen molar-refractivity contribution in [1.29, 1.82) is 0 Å². The molecule has 3 heterocycles. The number of imidazole rings is 1. The van der Waals surface area contributed by atoms with Crippen molar-refractivity contribution < 1.29 is 30.6 Å². The van der Waals surface area contributed by atoms with Crippen molar-refractivity contribution in [2.24, 2.45) is 0 Å². The minimum Gasteiger partial charge on any atom is -0.507 e. The molecule has 0 saturated heterocycles. The number of phenols is 1. The van der Waals surface area contributed by atoms with Crippen molar-refractivity contribution in [2.75, 3.05) is 0 Å². The van der Waals surface area contributed by atoms with E-state index in [9.17, 15) is 5.11 Å². The summed E-state index contributed by atoms with van der Waals surface area (Å²) in [6.45, 7) is 4.53. The zero-order valence-corrected chi connectivity index (χ0v) is 35.7. The number of nitrogens with zero attached hydrogens (tertiary/aromatic N) is 3. The second-order valence-electron chi connectivity index (χ2n) is 15.9. The molecule has 1 N–H and O–H groups in total.